The number of nitrogens with zero attached hydrogens (tertiary/aromatic N) is 2. The summed E-state index contributed by atoms with van der Waals surface area (Å²) in [4.78, 5) is 23.5. The van der Waals surface area contributed by atoms with Gasteiger partial charge in [-0.3, -0.25) is 9.59 Å². The van der Waals surface area contributed by atoms with E-state index in [0.717, 1.165) is 22.2 Å². The Bertz CT molecular complexity index is 939. The molecule has 7 nitrogen and oxygen atoms in total. The van der Waals surface area contributed by atoms with Crippen molar-refractivity contribution in [2.45, 2.75) is 6.92 Å². The third-order valence-corrected chi connectivity index (χ3v) is 3.99. The van der Waals surface area contributed by atoms with Gasteiger partial charge in [0, 0.05) is 29.2 Å². The Morgan fingerprint density at radius 3 is 2.80 bits per heavy atom. The lowest BCUT2D eigenvalue weighted by atomic mass is 10.1. The predicted molar refractivity (Wildman–Crippen MR) is 94.4 cm³/mol. The molecule has 2 N–H and O–H groups in total. The molecule has 3 aromatic rings. The largest absolute Gasteiger partial charge is 0.459 e. The van der Waals surface area contributed by atoms with Gasteiger partial charge in [-0.25, -0.2) is 5.43 Å². The molecule has 2 heterocycles. The van der Waals surface area contributed by atoms with Crippen molar-refractivity contribution in [2.24, 2.45) is 12.1 Å². The van der Waals surface area contributed by atoms with Gasteiger partial charge in [0.25, 0.3) is 11.8 Å². The van der Waals surface area contributed by atoms with Crippen LogP contribution in [0.4, 0.5) is 0 Å². The van der Waals surface area contributed by atoms with Crippen LogP contribution in [0.25, 0.3) is 10.9 Å². The molecule has 0 spiro atoms. The fourth-order valence-electron chi connectivity index (χ4n) is 2.58. The number of carbonyl (C=O) groups is 2. The van der Waals surface area contributed by atoms with Crippen LogP contribution in [-0.2, 0) is 11.8 Å². The number of furan rings is 1. The van der Waals surface area contributed by atoms with E-state index in [1.165, 1.54) is 12.3 Å². The molecule has 0 aliphatic carbocycles. The van der Waals surface area contributed by atoms with Gasteiger partial charge in [0.05, 0.1) is 19.0 Å². The highest BCUT2D eigenvalue weighted by Gasteiger charge is 2.11. The molecule has 7 heteroatoms. The highest BCUT2D eigenvalue weighted by Crippen LogP contribution is 2.22. The van der Waals surface area contributed by atoms with Gasteiger partial charge < -0.3 is 14.3 Å². The first kappa shape index (κ1) is 16.5. The van der Waals surface area contributed by atoms with Crippen molar-refractivity contribution in [1.82, 2.24) is 15.3 Å². The Kier molecular flexibility index (Phi) is 4.65. The molecule has 3 rings (SSSR count). The zero-order valence-electron chi connectivity index (χ0n) is 13.9. The number of fused-ring (bicyclic) bond motifs is 1. The number of aryl methyl sites for hydroxylation is 1. The van der Waals surface area contributed by atoms with Crippen molar-refractivity contribution < 1.29 is 14.0 Å². The summed E-state index contributed by atoms with van der Waals surface area (Å²) in [6.45, 7) is 1.80. The second-order valence-corrected chi connectivity index (χ2v) is 5.53. The van der Waals surface area contributed by atoms with Crippen LogP contribution in [0.3, 0.4) is 0 Å². The monoisotopic (exact) mass is 338 g/mol. The van der Waals surface area contributed by atoms with Gasteiger partial charge in [0.1, 0.15) is 0 Å². The molecule has 128 valence electrons. The van der Waals surface area contributed by atoms with E-state index < -0.39 is 11.8 Å². The second-order valence-electron chi connectivity index (χ2n) is 5.53. The summed E-state index contributed by atoms with van der Waals surface area (Å²) < 4.78 is 7.02. The smallest absolute Gasteiger partial charge is 0.287 e. The first-order valence-corrected chi connectivity index (χ1v) is 7.75. The Morgan fingerprint density at radius 1 is 1.24 bits per heavy atom. The molecule has 0 saturated heterocycles. The fourth-order valence-corrected chi connectivity index (χ4v) is 2.58. The topological polar surface area (TPSA) is 88.6 Å². The van der Waals surface area contributed by atoms with Crippen molar-refractivity contribution in [3.05, 3.63) is 59.7 Å². The van der Waals surface area contributed by atoms with Crippen LogP contribution in [0.2, 0.25) is 0 Å². The van der Waals surface area contributed by atoms with Crippen molar-refractivity contribution in [3.63, 3.8) is 0 Å². The Hall–Kier alpha value is -3.35. The molecule has 0 bridgehead atoms. The average Bonchev–Trinajstić information content (AvgIpc) is 3.23. The summed E-state index contributed by atoms with van der Waals surface area (Å²) in [7, 11) is 1.98. The summed E-state index contributed by atoms with van der Waals surface area (Å²) in [6, 6.07) is 11.1. The molecule has 0 aliphatic heterocycles. The van der Waals surface area contributed by atoms with Crippen LogP contribution in [-0.4, -0.2) is 29.1 Å². The predicted octanol–water partition coefficient (Wildman–Crippen LogP) is 1.96. The number of para-hydroxylation sites is 1. The number of aromatic nitrogens is 1. The molecule has 0 aliphatic rings. The molecule has 0 saturated carbocycles. The van der Waals surface area contributed by atoms with Gasteiger partial charge in [-0.2, -0.15) is 5.10 Å². The Labute approximate surface area is 144 Å². The zero-order chi connectivity index (χ0) is 17.8. The molecule has 2 amide bonds. The molecule has 1 aromatic carbocycles. The molecular formula is C18H18N4O3. The highest BCUT2D eigenvalue weighted by molar-refractivity contribution is 6.01. The van der Waals surface area contributed by atoms with E-state index >= 15 is 0 Å². The Morgan fingerprint density at radius 2 is 2.04 bits per heavy atom. The van der Waals surface area contributed by atoms with Crippen LogP contribution < -0.4 is 10.7 Å². The number of carbonyl (C=O) groups excluding carboxylic acids is 2. The van der Waals surface area contributed by atoms with Crippen LogP contribution in [0, 0.1) is 6.92 Å². The maximum atomic E-state index is 11.8. The molecule has 0 radical (unpaired) electrons. The van der Waals surface area contributed by atoms with E-state index in [2.05, 4.69) is 20.4 Å². The van der Waals surface area contributed by atoms with Crippen molar-refractivity contribution in [3.8, 4) is 0 Å². The number of rotatable bonds is 5. The third kappa shape index (κ3) is 3.45. The molecule has 0 atom stereocenters. The molecule has 2 aromatic heterocycles. The number of nitrogens with one attached hydrogen (secondary N) is 2. The summed E-state index contributed by atoms with van der Waals surface area (Å²) in [5.74, 6) is -0.717. The van der Waals surface area contributed by atoms with E-state index in [0.29, 0.717) is 0 Å². The minimum Gasteiger partial charge on any atom is -0.459 e. The quantitative estimate of drug-likeness (QED) is 0.550. The number of hydrazone groups is 1. The maximum Gasteiger partial charge on any atom is 0.287 e. The van der Waals surface area contributed by atoms with Crippen LogP contribution in [0.15, 0.2) is 52.2 Å². The van der Waals surface area contributed by atoms with Crippen LogP contribution in [0.1, 0.15) is 21.8 Å². The summed E-state index contributed by atoms with van der Waals surface area (Å²) in [5.41, 5.74) is 5.49. The fraction of sp³-hybridized carbons (Fsp3) is 0.167. The van der Waals surface area contributed by atoms with Crippen LogP contribution >= 0.6 is 0 Å². The second kappa shape index (κ2) is 7.04. The number of amides is 2. The van der Waals surface area contributed by atoms with E-state index in [4.69, 9.17) is 4.42 Å². The molecule has 0 unspecified atom stereocenters. The van der Waals surface area contributed by atoms with E-state index in [1.807, 2.05) is 38.2 Å². The summed E-state index contributed by atoms with van der Waals surface area (Å²) in [6.07, 6.45) is 3.01. The normalized spacial score (nSPS) is 11.1. The lowest BCUT2D eigenvalue weighted by Crippen LogP contribution is -2.34. The van der Waals surface area contributed by atoms with Crippen molar-refractivity contribution in [2.75, 3.05) is 6.54 Å². The number of benzene rings is 1. The van der Waals surface area contributed by atoms with Crippen molar-refractivity contribution in [1.29, 1.82) is 0 Å². The summed E-state index contributed by atoms with van der Waals surface area (Å²) >= 11 is 0. The van der Waals surface area contributed by atoms with Crippen LogP contribution in [0.5, 0.6) is 0 Å². The summed E-state index contributed by atoms with van der Waals surface area (Å²) in [5, 5.41) is 7.51. The number of hydrogen-bond donors (Lipinski definition) is 2. The molecular weight excluding hydrogens is 320 g/mol. The zero-order valence-corrected chi connectivity index (χ0v) is 13.9. The van der Waals surface area contributed by atoms with E-state index in [-0.39, 0.29) is 12.3 Å². The van der Waals surface area contributed by atoms with Crippen molar-refractivity contribution >= 4 is 28.9 Å². The van der Waals surface area contributed by atoms with Gasteiger partial charge in [-0.15, -0.1) is 0 Å². The van der Waals surface area contributed by atoms with Gasteiger partial charge in [-0.05, 0) is 25.1 Å². The first-order chi connectivity index (χ1) is 12.1. The molecule has 25 heavy (non-hydrogen) atoms. The van der Waals surface area contributed by atoms with Gasteiger partial charge in [0.2, 0.25) is 0 Å². The molecule has 0 fully saturated rings. The average molecular weight is 338 g/mol. The van der Waals surface area contributed by atoms with E-state index in [9.17, 15) is 9.59 Å². The lowest BCUT2D eigenvalue weighted by molar-refractivity contribution is -0.120. The Balaban J connectivity index is 1.61. The highest BCUT2D eigenvalue weighted by atomic mass is 16.3. The lowest BCUT2D eigenvalue weighted by Gasteiger charge is -2.02. The van der Waals surface area contributed by atoms with E-state index in [1.54, 1.807) is 12.3 Å². The van der Waals surface area contributed by atoms with Gasteiger partial charge >= 0.3 is 0 Å². The van der Waals surface area contributed by atoms with Gasteiger partial charge in [-0.1, -0.05) is 18.2 Å². The maximum absolute atomic E-state index is 11.8. The third-order valence-electron chi connectivity index (χ3n) is 3.99. The first-order valence-electron chi connectivity index (χ1n) is 7.75. The number of hydrogen-bond acceptors (Lipinski definition) is 4. The SMILES string of the molecule is Cc1c(/C=N/NC(=O)CNC(=O)c2ccco2)c2ccccc2n1C. The van der Waals surface area contributed by atoms with Gasteiger partial charge in [0.15, 0.2) is 5.76 Å². The minimum atomic E-state index is -0.450. The standard InChI is InChI=1S/C18H18N4O3/c1-12-14(13-6-3-4-7-15(13)22(12)2)10-20-21-17(23)11-19-18(24)16-8-5-9-25-16/h3-10H,11H2,1-2H3,(H,19,24)(H,21,23)/b20-10+. The minimum absolute atomic E-state index is 0.155.